The second-order valence-corrected chi connectivity index (χ2v) is 9.93. The van der Waals surface area contributed by atoms with Gasteiger partial charge in [-0.1, -0.05) is 54.1 Å². The third-order valence-corrected chi connectivity index (χ3v) is 7.09. The Hall–Kier alpha value is -3.52. The van der Waals surface area contributed by atoms with Crippen molar-refractivity contribution in [3.63, 3.8) is 0 Å². The molecule has 182 valence electrons. The van der Waals surface area contributed by atoms with Gasteiger partial charge in [0.15, 0.2) is 10.8 Å². The molecule has 5 rings (SSSR count). The molecule has 5 aromatic rings. The lowest BCUT2D eigenvalue weighted by molar-refractivity contribution is 0.0827. The number of hydrogen-bond acceptors (Lipinski definition) is 5. The van der Waals surface area contributed by atoms with Crippen molar-refractivity contribution >= 4 is 39.9 Å². The Bertz CT molecular complexity index is 1510. The maximum Gasteiger partial charge on any atom is 0.253 e. The van der Waals surface area contributed by atoms with Crippen LogP contribution in [-0.2, 0) is 4.74 Å². The molecule has 0 N–H and O–H groups in total. The standard InChI is InChI=1S/C28H25ClN4O2S/c1-32(2)28(34)20-11-14-24-22(15-20)30-26(33(24)25(16-35-3)19-7-5-4-6-8-19)27-31-23(17-36-27)18-9-12-21(29)13-10-18/h4-15,17,25H,16H2,1-3H3/t25-/m0/s1. The van der Waals surface area contributed by atoms with Gasteiger partial charge in [-0.25, -0.2) is 9.97 Å². The Morgan fingerprint density at radius 2 is 1.81 bits per heavy atom. The van der Waals surface area contributed by atoms with Crippen LogP contribution in [0.2, 0.25) is 5.02 Å². The van der Waals surface area contributed by atoms with E-state index in [9.17, 15) is 4.79 Å². The van der Waals surface area contributed by atoms with E-state index in [1.54, 1.807) is 26.1 Å². The van der Waals surface area contributed by atoms with E-state index >= 15 is 0 Å². The molecule has 8 heteroatoms. The lowest BCUT2D eigenvalue weighted by atomic mass is 10.1. The first-order chi connectivity index (χ1) is 17.5. The SMILES string of the molecule is COC[C@@H](c1ccccc1)n1c(-c2nc(-c3ccc(Cl)cc3)cs2)nc2cc(C(=O)N(C)C)ccc21. The fraction of sp³-hybridized carbons (Fsp3) is 0.179. The van der Waals surface area contributed by atoms with Crippen LogP contribution in [0.15, 0.2) is 78.2 Å². The summed E-state index contributed by atoms with van der Waals surface area (Å²) in [6, 6.07) is 23.4. The first-order valence-corrected chi connectivity index (χ1v) is 12.7. The number of halogens is 1. The number of carbonyl (C=O) groups is 1. The number of rotatable bonds is 7. The van der Waals surface area contributed by atoms with Gasteiger partial charge in [-0.15, -0.1) is 11.3 Å². The topological polar surface area (TPSA) is 60.2 Å². The first kappa shape index (κ1) is 24.2. The number of nitrogens with zero attached hydrogens (tertiary/aromatic N) is 4. The van der Waals surface area contributed by atoms with Gasteiger partial charge in [0.05, 0.1) is 29.4 Å². The summed E-state index contributed by atoms with van der Waals surface area (Å²) < 4.78 is 7.83. The highest BCUT2D eigenvalue weighted by atomic mass is 35.5. The summed E-state index contributed by atoms with van der Waals surface area (Å²) in [4.78, 5) is 24.1. The molecule has 0 bridgehead atoms. The van der Waals surface area contributed by atoms with E-state index in [0.29, 0.717) is 17.2 Å². The second kappa shape index (κ2) is 10.2. The number of imidazole rings is 1. The van der Waals surface area contributed by atoms with Gasteiger partial charge in [0.25, 0.3) is 5.91 Å². The highest BCUT2D eigenvalue weighted by Crippen LogP contribution is 2.35. The molecular weight excluding hydrogens is 492 g/mol. The van der Waals surface area contributed by atoms with Gasteiger partial charge in [0.2, 0.25) is 0 Å². The van der Waals surface area contributed by atoms with Crippen LogP contribution < -0.4 is 0 Å². The van der Waals surface area contributed by atoms with Crippen LogP contribution in [-0.4, -0.2) is 53.2 Å². The third kappa shape index (κ3) is 4.65. The number of thiazole rings is 1. The summed E-state index contributed by atoms with van der Waals surface area (Å²) in [5.41, 5.74) is 5.18. The van der Waals surface area contributed by atoms with E-state index in [4.69, 9.17) is 26.3 Å². The van der Waals surface area contributed by atoms with Gasteiger partial charge >= 0.3 is 0 Å². The number of carbonyl (C=O) groups excluding carboxylic acids is 1. The van der Waals surface area contributed by atoms with Crippen LogP contribution in [0.25, 0.3) is 33.1 Å². The average Bonchev–Trinajstić information content (AvgIpc) is 3.52. The van der Waals surface area contributed by atoms with Crippen molar-refractivity contribution in [3.8, 4) is 22.1 Å². The molecule has 2 aromatic heterocycles. The predicted molar refractivity (Wildman–Crippen MR) is 146 cm³/mol. The zero-order valence-electron chi connectivity index (χ0n) is 20.2. The van der Waals surface area contributed by atoms with Crippen LogP contribution in [0.4, 0.5) is 0 Å². The molecule has 0 saturated heterocycles. The van der Waals surface area contributed by atoms with Crippen molar-refractivity contribution in [1.82, 2.24) is 19.4 Å². The Morgan fingerprint density at radius 1 is 1.06 bits per heavy atom. The number of hydrogen-bond donors (Lipinski definition) is 0. The number of ether oxygens (including phenoxy) is 1. The monoisotopic (exact) mass is 516 g/mol. The predicted octanol–water partition coefficient (Wildman–Crippen LogP) is 6.42. The molecule has 0 saturated carbocycles. The van der Waals surface area contributed by atoms with E-state index < -0.39 is 0 Å². The summed E-state index contributed by atoms with van der Waals surface area (Å²) in [5.74, 6) is 0.666. The number of fused-ring (bicyclic) bond motifs is 1. The van der Waals surface area contributed by atoms with Crippen molar-refractivity contribution in [2.45, 2.75) is 6.04 Å². The molecule has 2 heterocycles. The van der Waals surface area contributed by atoms with Crippen LogP contribution in [0.3, 0.4) is 0 Å². The zero-order chi connectivity index (χ0) is 25.2. The minimum absolute atomic E-state index is 0.0659. The minimum Gasteiger partial charge on any atom is -0.382 e. The van der Waals surface area contributed by atoms with Crippen LogP contribution in [0.5, 0.6) is 0 Å². The first-order valence-electron chi connectivity index (χ1n) is 11.5. The molecule has 36 heavy (non-hydrogen) atoms. The quantitative estimate of drug-likeness (QED) is 0.250. The summed E-state index contributed by atoms with van der Waals surface area (Å²) in [6.07, 6.45) is 0. The lowest BCUT2D eigenvalue weighted by Crippen LogP contribution is -2.21. The van der Waals surface area contributed by atoms with Crippen molar-refractivity contribution in [3.05, 3.63) is 94.3 Å². The van der Waals surface area contributed by atoms with Crippen molar-refractivity contribution in [1.29, 1.82) is 0 Å². The van der Waals surface area contributed by atoms with E-state index in [2.05, 4.69) is 16.7 Å². The zero-order valence-corrected chi connectivity index (χ0v) is 21.8. The normalized spacial score (nSPS) is 12.1. The molecule has 1 amide bonds. The number of benzene rings is 3. The lowest BCUT2D eigenvalue weighted by Gasteiger charge is -2.21. The molecule has 0 aliphatic rings. The Balaban J connectivity index is 1.70. The Kier molecular flexibility index (Phi) is 6.87. The molecule has 0 aliphatic carbocycles. The maximum absolute atomic E-state index is 12.6. The van der Waals surface area contributed by atoms with E-state index in [-0.39, 0.29) is 11.9 Å². The Morgan fingerprint density at radius 3 is 2.50 bits per heavy atom. The van der Waals surface area contributed by atoms with Crippen LogP contribution in [0.1, 0.15) is 22.0 Å². The average molecular weight is 517 g/mol. The third-order valence-electron chi connectivity index (χ3n) is 6.00. The van der Waals surface area contributed by atoms with Gasteiger partial charge in [0.1, 0.15) is 0 Å². The maximum atomic E-state index is 12.6. The van der Waals surface area contributed by atoms with Crippen molar-refractivity contribution < 1.29 is 9.53 Å². The molecule has 0 fully saturated rings. The molecule has 3 aromatic carbocycles. The van der Waals surface area contributed by atoms with E-state index in [1.807, 2.05) is 66.0 Å². The smallest absolute Gasteiger partial charge is 0.253 e. The number of aromatic nitrogens is 3. The number of methoxy groups -OCH3 is 1. The fourth-order valence-electron chi connectivity index (χ4n) is 4.24. The van der Waals surface area contributed by atoms with Gasteiger partial charge in [-0.2, -0.15) is 0 Å². The van der Waals surface area contributed by atoms with Crippen LogP contribution in [0, 0.1) is 0 Å². The minimum atomic E-state index is -0.130. The Labute approximate surface area is 218 Å². The van der Waals surface area contributed by atoms with E-state index in [1.165, 1.54) is 11.3 Å². The highest BCUT2D eigenvalue weighted by Gasteiger charge is 2.25. The molecule has 6 nitrogen and oxygen atoms in total. The van der Waals surface area contributed by atoms with Crippen LogP contribution >= 0.6 is 22.9 Å². The number of amides is 1. The van der Waals surface area contributed by atoms with Crippen molar-refractivity contribution in [2.24, 2.45) is 0 Å². The van der Waals surface area contributed by atoms with Gasteiger partial charge in [-0.3, -0.25) is 4.79 Å². The molecule has 0 radical (unpaired) electrons. The molecule has 1 atom stereocenters. The molecular formula is C28H25ClN4O2S. The second-order valence-electron chi connectivity index (χ2n) is 8.64. The van der Waals surface area contributed by atoms with E-state index in [0.717, 1.165) is 38.7 Å². The fourth-order valence-corrected chi connectivity index (χ4v) is 5.18. The van der Waals surface area contributed by atoms with Crippen molar-refractivity contribution in [2.75, 3.05) is 27.8 Å². The summed E-state index contributed by atoms with van der Waals surface area (Å²) >= 11 is 7.61. The molecule has 0 unspecified atom stereocenters. The highest BCUT2D eigenvalue weighted by molar-refractivity contribution is 7.13. The summed E-state index contributed by atoms with van der Waals surface area (Å²) in [6.45, 7) is 0.455. The summed E-state index contributed by atoms with van der Waals surface area (Å²) in [5, 5.41) is 3.50. The van der Waals surface area contributed by atoms with Gasteiger partial charge in [0, 0.05) is 42.7 Å². The summed E-state index contributed by atoms with van der Waals surface area (Å²) in [7, 11) is 5.19. The molecule has 0 spiro atoms. The largest absolute Gasteiger partial charge is 0.382 e. The molecule has 0 aliphatic heterocycles. The van der Waals surface area contributed by atoms with Gasteiger partial charge < -0.3 is 14.2 Å². The van der Waals surface area contributed by atoms with Gasteiger partial charge in [-0.05, 0) is 35.9 Å².